The summed E-state index contributed by atoms with van der Waals surface area (Å²) in [6.45, 7) is 0.767. The Labute approximate surface area is 295 Å². The van der Waals surface area contributed by atoms with Gasteiger partial charge in [-0.2, -0.15) is 0 Å². The third-order valence-electron chi connectivity index (χ3n) is 8.54. The van der Waals surface area contributed by atoms with Crippen LogP contribution in [-0.2, 0) is 22.4 Å². The predicted octanol–water partition coefficient (Wildman–Crippen LogP) is 8.57. The molecule has 0 aromatic heterocycles. The van der Waals surface area contributed by atoms with E-state index in [2.05, 4.69) is 15.3 Å². The second kappa shape index (κ2) is 16.2. The Morgan fingerprint density at radius 2 is 1.64 bits per heavy atom. The number of benzene rings is 5. The predicted molar refractivity (Wildman–Crippen MR) is 196 cm³/mol. The molecule has 1 aliphatic rings. The van der Waals surface area contributed by atoms with E-state index in [1.807, 2.05) is 115 Å². The van der Waals surface area contributed by atoms with Crippen molar-refractivity contribution in [3.05, 3.63) is 165 Å². The molecule has 0 radical (unpaired) electrons. The van der Waals surface area contributed by atoms with Gasteiger partial charge in [-0.3, -0.25) is 4.79 Å². The molecule has 6 rings (SSSR count). The fourth-order valence-electron chi connectivity index (χ4n) is 6.03. The van der Waals surface area contributed by atoms with Gasteiger partial charge in [0, 0.05) is 47.2 Å². The maximum absolute atomic E-state index is 14.7. The second-order valence-corrected chi connectivity index (χ2v) is 12.3. The summed E-state index contributed by atoms with van der Waals surface area (Å²) in [5.41, 5.74) is 13.4. The van der Waals surface area contributed by atoms with Crippen molar-refractivity contribution in [2.75, 3.05) is 19.8 Å². The summed E-state index contributed by atoms with van der Waals surface area (Å²) in [7, 11) is 0. The Morgan fingerprint density at radius 3 is 2.38 bits per heavy atom. The summed E-state index contributed by atoms with van der Waals surface area (Å²) in [5.74, 6) is 0.615. The number of nitrogens with one attached hydrogen (secondary N) is 1. The number of azide groups is 1. The lowest BCUT2D eigenvalue weighted by Gasteiger charge is -2.31. The molecule has 9 nitrogen and oxygen atoms in total. The molecule has 0 aliphatic carbocycles. The zero-order chi connectivity index (χ0) is 34.8. The standard InChI is InChI=1S/C40H36ClN5O4/c41-34-12-6-8-28(26-34)22-23-43-39(48)40(27-33-11-4-5-13-36(33)45-46-42)37(31-16-14-30(15-17-31)29-9-2-1-3-10-29)50-38(44-40)32-18-20-35(21-19-32)49-25-7-24-47/h1-6,8-21,26,37,47H,7,22-25,27H2,(H,43,48)/t37-,40-/m1/s1. The van der Waals surface area contributed by atoms with Crippen LogP contribution in [0.15, 0.2) is 138 Å². The van der Waals surface area contributed by atoms with Gasteiger partial charge in [0.05, 0.1) is 6.61 Å². The number of hydrogen-bond donors (Lipinski definition) is 2. The van der Waals surface area contributed by atoms with Gasteiger partial charge < -0.3 is 19.9 Å². The van der Waals surface area contributed by atoms with E-state index in [1.54, 1.807) is 12.1 Å². The third-order valence-corrected chi connectivity index (χ3v) is 8.78. The van der Waals surface area contributed by atoms with E-state index in [1.165, 1.54) is 0 Å². The quantitative estimate of drug-likeness (QED) is 0.0525. The van der Waals surface area contributed by atoms with E-state index in [-0.39, 0.29) is 18.9 Å². The van der Waals surface area contributed by atoms with Crippen LogP contribution in [0.25, 0.3) is 21.6 Å². The minimum absolute atomic E-state index is 0.0441. The molecule has 0 fully saturated rings. The molecule has 1 amide bonds. The molecule has 5 aromatic carbocycles. The zero-order valence-corrected chi connectivity index (χ0v) is 28.0. The first-order valence-corrected chi connectivity index (χ1v) is 16.8. The number of aliphatic imine (C=N–C) groups is 1. The molecule has 0 spiro atoms. The number of rotatable bonds is 14. The number of amides is 1. The van der Waals surface area contributed by atoms with Gasteiger partial charge in [0.25, 0.3) is 5.91 Å². The maximum atomic E-state index is 14.7. The molecule has 0 unspecified atom stereocenters. The number of aliphatic hydroxyl groups is 1. The Morgan fingerprint density at radius 1 is 0.920 bits per heavy atom. The molecule has 10 heteroatoms. The molecule has 1 heterocycles. The van der Waals surface area contributed by atoms with E-state index in [0.29, 0.717) is 59.5 Å². The summed E-state index contributed by atoms with van der Waals surface area (Å²) in [6, 6.07) is 40.0. The Balaban J connectivity index is 1.41. The molecule has 50 heavy (non-hydrogen) atoms. The SMILES string of the molecule is [N-]=[N+]=Nc1ccccc1C[C@@]1(C(=O)NCCc2cccc(Cl)c2)N=C(c2ccc(OCCCO)cc2)O[C@@H]1c1ccc(-c2ccccc2)cc1. The first-order chi connectivity index (χ1) is 24.5. The molecule has 0 saturated carbocycles. The van der Waals surface area contributed by atoms with Gasteiger partial charge >= 0.3 is 0 Å². The fourth-order valence-corrected chi connectivity index (χ4v) is 6.24. The number of aliphatic hydroxyl groups excluding tert-OH is 1. The summed E-state index contributed by atoms with van der Waals surface area (Å²) in [5, 5.41) is 16.8. The molecular weight excluding hydrogens is 650 g/mol. The molecule has 1 aliphatic heterocycles. The normalized spacial score (nSPS) is 16.5. The first-order valence-electron chi connectivity index (χ1n) is 16.4. The molecule has 0 saturated heterocycles. The van der Waals surface area contributed by atoms with Gasteiger partial charge in [-0.15, -0.1) is 0 Å². The van der Waals surface area contributed by atoms with Crippen LogP contribution in [0.5, 0.6) is 5.75 Å². The van der Waals surface area contributed by atoms with Gasteiger partial charge in [-0.05, 0) is 76.2 Å². The van der Waals surface area contributed by atoms with Crippen LogP contribution in [-0.4, -0.2) is 42.2 Å². The Bertz CT molecular complexity index is 2000. The number of nitrogens with zero attached hydrogens (tertiary/aromatic N) is 4. The lowest BCUT2D eigenvalue weighted by Crippen LogP contribution is -2.50. The Hall–Kier alpha value is -5.60. The number of halogens is 1. The third kappa shape index (κ3) is 7.98. The first kappa shape index (κ1) is 34.3. The largest absolute Gasteiger partial charge is 0.494 e. The molecule has 0 bridgehead atoms. The molecule has 252 valence electrons. The maximum Gasteiger partial charge on any atom is 0.252 e. The van der Waals surface area contributed by atoms with Crippen LogP contribution < -0.4 is 10.1 Å². The summed E-state index contributed by atoms with van der Waals surface area (Å²) < 4.78 is 12.4. The van der Waals surface area contributed by atoms with E-state index >= 15 is 0 Å². The number of carbonyl (C=O) groups excluding carboxylic acids is 1. The minimum Gasteiger partial charge on any atom is -0.494 e. The summed E-state index contributed by atoms with van der Waals surface area (Å²) >= 11 is 6.22. The van der Waals surface area contributed by atoms with Crippen molar-refractivity contribution in [2.24, 2.45) is 10.1 Å². The molecule has 5 aromatic rings. The fraction of sp³-hybridized carbons (Fsp3) is 0.200. The van der Waals surface area contributed by atoms with Gasteiger partial charge in [0.2, 0.25) is 5.90 Å². The molecule has 2 atom stereocenters. The van der Waals surface area contributed by atoms with Gasteiger partial charge in [-0.25, -0.2) is 4.99 Å². The smallest absolute Gasteiger partial charge is 0.252 e. The summed E-state index contributed by atoms with van der Waals surface area (Å²) in [6.07, 6.45) is 0.355. The van der Waals surface area contributed by atoms with Crippen molar-refractivity contribution < 1.29 is 19.4 Å². The second-order valence-electron chi connectivity index (χ2n) is 11.9. The van der Waals surface area contributed by atoms with Crippen LogP contribution in [0, 0.1) is 0 Å². The van der Waals surface area contributed by atoms with Crippen molar-refractivity contribution in [2.45, 2.75) is 30.9 Å². The Kier molecular flexibility index (Phi) is 11.1. The van der Waals surface area contributed by atoms with Gasteiger partial charge in [-0.1, -0.05) is 108 Å². The van der Waals surface area contributed by atoms with Crippen LogP contribution >= 0.6 is 11.6 Å². The number of ether oxygens (including phenoxy) is 2. The zero-order valence-electron chi connectivity index (χ0n) is 27.3. The highest BCUT2D eigenvalue weighted by Gasteiger charge is 2.53. The average molecular weight is 686 g/mol. The van der Waals surface area contributed by atoms with E-state index < -0.39 is 11.6 Å². The van der Waals surface area contributed by atoms with E-state index in [4.69, 9.17) is 31.2 Å². The highest BCUT2D eigenvalue weighted by Crippen LogP contribution is 2.44. The topological polar surface area (TPSA) is 129 Å². The van der Waals surface area contributed by atoms with Gasteiger partial charge in [0.1, 0.15) is 5.75 Å². The van der Waals surface area contributed by atoms with Crippen molar-refractivity contribution >= 4 is 29.1 Å². The highest BCUT2D eigenvalue weighted by molar-refractivity contribution is 6.30. The van der Waals surface area contributed by atoms with Crippen LogP contribution in [0.1, 0.15) is 34.8 Å². The van der Waals surface area contributed by atoms with Crippen LogP contribution in [0.2, 0.25) is 5.02 Å². The van der Waals surface area contributed by atoms with E-state index in [0.717, 1.165) is 22.3 Å². The van der Waals surface area contributed by atoms with Crippen molar-refractivity contribution in [3.8, 4) is 16.9 Å². The van der Waals surface area contributed by atoms with E-state index in [9.17, 15) is 10.3 Å². The van der Waals surface area contributed by atoms with Crippen molar-refractivity contribution in [1.82, 2.24) is 5.32 Å². The monoisotopic (exact) mass is 685 g/mol. The molecular formula is C40H36ClN5O4. The highest BCUT2D eigenvalue weighted by atomic mass is 35.5. The van der Waals surface area contributed by atoms with Crippen LogP contribution in [0.3, 0.4) is 0 Å². The lowest BCUT2D eigenvalue weighted by atomic mass is 9.81. The molecule has 2 N–H and O–H groups in total. The minimum atomic E-state index is -1.48. The van der Waals surface area contributed by atoms with Gasteiger partial charge in [0.15, 0.2) is 11.6 Å². The van der Waals surface area contributed by atoms with Crippen molar-refractivity contribution in [3.63, 3.8) is 0 Å². The number of carbonyl (C=O) groups is 1. The average Bonchev–Trinajstić information content (AvgIpc) is 3.54. The lowest BCUT2D eigenvalue weighted by molar-refractivity contribution is -0.128. The number of hydrogen-bond acceptors (Lipinski definition) is 6. The summed E-state index contributed by atoms with van der Waals surface area (Å²) in [4.78, 5) is 22.8. The van der Waals surface area contributed by atoms with Crippen molar-refractivity contribution in [1.29, 1.82) is 0 Å². The van der Waals surface area contributed by atoms with Crippen LogP contribution in [0.4, 0.5) is 5.69 Å².